The smallest absolute Gasteiger partial charge is 0.251 e. The first kappa shape index (κ1) is 10.2. The number of nitrogens with zero attached hydrogens (tertiary/aromatic N) is 1. The molecule has 0 aliphatic heterocycles. The number of methoxy groups -OCH3 is 1. The van der Waals surface area contributed by atoms with Crippen molar-refractivity contribution in [2.24, 2.45) is 0 Å². The molecule has 2 aromatic rings. The largest absolute Gasteiger partial charge is 0.497 e. The van der Waals surface area contributed by atoms with E-state index >= 15 is 0 Å². The SMILES string of the molecule is COc1ccc(-c2cc(=O)[nH]cn2)c(N)c1. The van der Waals surface area contributed by atoms with Crippen LogP contribution >= 0.6 is 0 Å². The molecule has 0 saturated heterocycles. The fourth-order valence-electron chi connectivity index (χ4n) is 1.42. The summed E-state index contributed by atoms with van der Waals surface area (Å²) in [5, 5.41) is 0. The summed E-state index contributed by atoms with van der Waals surface area (Å²) in [5.41, 5.74) is 7.42. The van der Waals surface area contributed by atoms with E-state index in [1.807, 2.05) is 0 Å². The molecule has 1 heterocycles. The summed E-state index contributed by atoms with van der Waals surface area (Å²) in [5.74, 6) is 0.672. The third kappa shape index (κ3) is 1.88. The van der Waals surface area contributed by atoms with E-state index in [4.69, 9.17) is 10.5 Å². The number of nitrogens with two attached hydrogens (primary N) is 1. The molecule has 5 heteroatoms. The molecular weight excluding hydrogens is 206 g/mol. The number of aromatic nitrogens is 2. The second-order valence-electron chi connectivity index (χ2n) is 3.25. The Morgan fingerprint density at radius 2 is 2.19 bits per heavy atom. The number of aromatic amines is 1. The van der Waals surface area contributed by atoms with Crippen LogP contribution in [0.5, 0.6) is 5.75 Å². The van der Waals surface area contributed by atoms with Gasteiger partial charge in [0.05, 0.1) is 19.1 Å². The number of nitrogens with one attached hydrogen (secondary N) is 1. The van der Waals surface area contributed by atoms with E-state index in [9.17, 15) is 4.79 Å². The van der Waals surface area contributed by atoms with E-state index in [0.717, 1.165) is 0 Å². The van der Waals surface area contributed by atoms with Crippen LogP contribution in [0.1, 0.15) is 0 Å². The number of anilines is 1. The maximum absolute atomic E-state index is 11.1. The summed E-state index contributed by atoms with van der Waals surface area (Å²) < 4.78 is 5.04. The van der Waals surface area contributed by atoms with E-state index in [1.54, 1.807) is 25.3 Å². The van der Waals surface area contributed by atoms with Crippen LogP contribution in [0, 0.1) is 0 Å². The van der Waals surface area contributed by atoms with Crippen molar-refractivity contribution in [2.75, 3.05) is 12.8 Å². The molecule has 0 saturated carbocycles. The van der Waals surface area contributed by atoms with Crippen molar-refractivity contribution >= 4 is 5.69 Å². The quantitative estimate of drug-likeness (QED) is 0.736. The molecule has 0 bridgehead atoms. The van der Waals surface area contributed by atoms with E-state index in [2.05, 4.69) is 9.97 Å². The van der Waals surface area contributed by atoms with Crippen molar-refractivity contribution in [2.45, 2.75) is 0 Å². The summed E-state index contributed by atoms with van der Waals surface area (Å²) in [6.45, 7) is 0. The lowest BCUT2D eigenvalue weighted by Crippen LogP contribution is -2.05. The molecule has 2 rings (SSSR count). The van der Waals surface area contributed by atoms with Crippen molar-refractivity contribution in [1.29, 1.82) is 0 Å². The minimum Gasteiger partial charge on any atom is -0.497 e. The minimum atomic E-state index is -0.208. The van der Waals surface area contributed by atoms with Gasteiger partial charge in [-0.25, -0.2) is 4.98 Å². The van der Waals surface area contributed by atoms with Gasteiger partial charge in [-0.15, -0.1) is 0 Å². The topological polar surface area (TPSA) is 81.0 Å². The summed E-state index contributed by atoms with van der Waals surface area (Å²) in [7, 11) is 1.57. The first-order chi connectivity index (χ1) is 7.70. The first-order valence-electron chi connectivity index (χ1n) is 4.69. The second-order valence-corrected chi connectivity index (χ2v) is 3.25. The molecule has 5 nitrogen and oxygen atoms in total. The van der Waals surface area contributed by atoms with Crippen molar-refractivity contribution < 1.29 is 4.74 Å². The maximum Gasteiger partial charge on any atom is 0.251 e. The zero-order valence-electron chi connectivity index (χ0n) is 8.73. The van der Waals surface area contributed by atoms with Gasteiger partial charge in [-0.2, -0.15) is 0 Å². The van der Waals surface area contributed by atoms with Gasteiger partial charge in [0.2, 0.25) is 0 Å². The normalized spacial score (nSPS) is 10.1. The van der Waals surface area contributed by atoms with Crippen LogP contribution < -0.4 is 16.0 Å². The Kier molecular flexibility index (Phi) is 2.59. The molecule has 0 aliphatic rings. The number of nitrogen functional groups attached to an aromatic ring is 1. The lowest BCUT2D eigenvalue weighted by molar-refractivity contribution is 0.415. The highest BCUT2D eigenvalue weighted by Crippen LogP contribution is 2.26. The maximum atomic E-state index is 11.1. The molecule has 82 valence electrons. The zero-order valence-corrected chi connectivity index (χ0v) is 8.73. The van der Waals surface area contributed by atoms with Crippen LogP contribution in [-0.4, -0.2) is 17.1 Å². The summed E-state index contributed by atoms with van der Waals surface area (Å²) in [4.78, 5) is 17.6. The Balaban J connectivity index is 2.52. The Morgan fingerprint density at radius 1 is 1.38 bits per heavy atom. The average Bonchev–Trinajstić information content (AvgIpc) is 2.28. The van der Waals surface area contributed by atoms with Gasteiger partial charge >= 0.3 is 0 Å². The van der Waals surface area contributed by atoms with Gasteiger partial charge in [0.15, 0.2) is 0 Å². The monoisotopic (exact) mass is 217 g/mol. The predicted molar refractivity (Wildman–Crippen MR) is 61.3 cm³/mol. The van der Waals surface area contributed by atoms with Gasteiger partial charge in [0, 0.05) is 23.4 Å². The van der Waals surface area contributed by atoms with Crippen molar-refractivity contribution in [1.82, 2.24) is 9.97 Å². The standard InChI is InChI=1S/C11H11N3O2/c1-16-7-2-3-8(9(12)4-7)10-5-11(15)14-6-13-10/h2-6H,12H2,1H3,(H,13,14,15). The number of rotatable bonds is 2. The van der Waals surface area contributed by atoms with Crippen molar-refractivity contribution in [3.63, 3.8) is 0 Å². The summed E-state index contributed by atoms with van der Waals surface area (Å²) >= 11 is 0. The number of H-pyrrole nitrogens is 1. The number of hydrogen-bond donors (Lipinski definition) is 2. The molecule has 0 radical (unpaired) electrons. The van der Waals surface area contributed by atoms with Crippen molar-refractivity contribution in [3.05, 3.63) is 40.9 Å². The fraction of sp³-hybridized carbons (Fsp3) is 0.0909. The van der Waals surface area contributed by atoms with Crippen LogP contribution in [0.4, 0.5) is 5.69 Å². The highest BCUT2D eigenvalue weighted by molar-refractivity contribution is 5.74. The van der Waals surface area contributed by atoms with Crippen LogP contribution in [0.3, 0.4) is 0 Å². The number of hydrogen-bond acceptors (Lipinski definition) is 4. The molecule has 0 spiro atoms. The van der Waals surface area contributed by atoms with E-state index in [0.29, 0.717) is 22.7 Å². The Hall–Kier alpha value is -2.30. The van der Waals surface area contributed by atoms with Crippen LogP contribution in [0.15, 0.2) is 35.4 Å². The molecule has 16 heavy (non-hydrogen) atoms. The molecule has 3 N–H and O–H groups in total. The number of ether oxygens (including phenoxy) is 1. The molecule has 0 amide bonds. The predicted octanol–water partition coefficient (Wildman–Crippen LogP) is 1.03. The first-order valence-corrected chi connectivity index (χ1v) is 4.69. The Labute approximate surface area is 91.9 Å². The third-order valence-electron chi connectivity index (χ3n) is 2.21. The molecule has 0 atom stereocenters. The number of benzene rings is 1. The van der Waals surface area contributed by atoms with Gasteiger partial charge < -0.3 is 15.5 Å². The second kappa shape index (κ2) is 4.06. The third-order valence-corrected chi connectivity index (χ3v) is 2.21. The van der Waals surface area contributed by atoms with Gasteiger partial charge in [-0.3, -0.25) is 4.79 Å². The molecule has 0 unspecified atom stereocenters. The Morgan fingerprint density at radius 3 is 2.81 bits per heavy atom. The molecule has 0 fully saturated rings. The highest BCUT2D eigenvalue weighted by atomic mass is 16.5. The van der Waals surface area contributed by atoms with Crippen LogP contribution in [-0.2, 0) is 0 Å². The molecule has 1 aromatic heterocycles. The van der Waals surface area contributed by atoms with Gasteiger partial charge in [-0.1, -0.05) is 0 Å². The van der Waals surface area contributed by atoms with Crippen LogP contribution in [0.25, 0.3) is 11.3 Å². The average molecular weight is 217 g/mol. The summed E-state index contributed by atoms with van der Waals surface area (Å²) in [6.07, 6.45) is 1.35. The Bertz CT molecular complexity index is 563. The van der Waals surface area contributed by atoms with E-state index < -0.39 is 0 Å². The lowest BCUT2D eigenvalue weighted by atomic mass is 10.1. The van der Waals surface area contributed by atoms with E-state index in [-0.39, 0.29) is 5.56 Å². The fourth-order valence-corrected chi connectivity index (χ4v) is 1.42. The summed E-state index contributed by atoms with van der Waals surface area (Å²) in [6, 6.07) is 6.64. The van der Waals surface area contributed by atoms with E-state index in [1.165, 1.54) is 12.4 Å². The molecular formula is C11H11N3O2. The van der Waals surface area contributed by atoms with Crippen LogP contribution in [0.2, 0.25) is 0 Å². The highest BCUT2D eigenvalue weighted by Gasteiger charge is 2.05. The van der Waals surface area contributed by atoms with Gasteiger partial charge in [0.25, 0.3) is 5.56 Å². The van der Waals surface area contributed by atoms with Crippen molar-refractivity contribution in [3.8, 4) is 17.0 Å². The lowest BCUT2D eigenvalue weighted by Gasteiger charge is -2.06. The molecule has 0 aliphatic carbocycles. The molecule has 1 aromatic carbocycles. The van der Waals surface area contributed by atoms with Gasteiger partial charge in [-0.05, 0) is 12.1 Å². The minimum absolute atomic E-state index is 0.208. The van der Waals surface area contributed by atoms with Gasteiger partial charge in [0.1, 0.15) is 5.75 Å². The zero-order chi connectivity index (χ0) is 11.5.